The van der Waals surface area contributed by atoms with Gasteiger partial charge in [0.05, 0.1) is 12.3 Å². The van der Waals surface area contributed by atoms with Gasteiger partial charge in [0, 0.05) is 11.8 Å². The van der Waals surface area contributed by atoms with E-state index in [1.807, 2.05) is 32.0 Å². The Morgan fingerprint density at radius 1 is 1.23 bits per heavy atom. The summed E-state index contributed by atoms with van der Waals surface area (Å²) < 4.78 is 39.5. The zero-order valence-electron chi connectivity index (χ0n) is 15.2. The van der Waals surface area contributed by atoms with Crippen molar-refractivity contribution in [1.29, 1.82) is 0 Å². The highest BCUT2D eigenvalue weighted by Gasteiger charge is 2.65. The first kappa shape index (κ1) is 17.8. The topological polar surface area (TPSA) is 81.7 Å². The van der Waals surface area contributed by atoms with Gasteiger partial charge in [-0.1, -0.05) is 26.0 Å². The smallest absolute Gasteiger partial charge is 0.212 e. The van der Waals surface area contributed by atoms with Crippen LogP contribution in [0, 0.1) is 16.7 Å². The van der Waals surface area contributed by atoms with Crippen LogP contribution in [0.3, 0.4) is 0 Å². The maximum Gasteiger partial charge on any atom is 0.212 e. The molecule has 2 fully saturated rings. The molecule has 6 nitrogen and oxygen atoms in total. The van der Waals surface area contributed by atoms with Crippen molar-refractivity contribution in [3.63, 3.8) is 0 Å². The van der Waals surface area contributed by atoms with E-state index in [2.05, 4.69) is 4.72 Å². The molecule has 0 saturated heterocycles. The van der Waals surface area contributed by atoms with Crippen LogP contribution in [0.15, 0.2) is 24.3 Å². The van der Waals surface area contributed by atoms with Gasteiger partial charge in [0.25, 0.3) is 0 Å². The highest BCUT2D eigenvalue weighted by atomic mass is 32.2. The predicted molar refractivity (Wildman–Crippen MR) is 96.7 cm³/mol. The van der Waals surface area contributed by atoms with E-state index < -0.39 is 15.4 Å². The van der Waals surface area contributed by atoms with E-state index >= 15 is 0 Å². The molecule has 0 unspecified atom stereocenters. The molecule has 26 heavy (non-hydrogen) atoms. The molecule has 3 atom stereocenters. The molecular formula is C19H25NO5S. The van der Waals surface area contributed by atoms with Gasteiger partial charge in [-0.15, -0.1) is 0 Å². The van der Waals surface area contributed by atoms with Crippen molar-refractivity contribution in [1.82, 2.24) is 4.72 Å². The van der Waals surface area contributed by atoms with Crippen LogP contribution in [0.2, 0.25) is 0 Å². The van der Waals surface area contributed by atoms with Gasteiger partial charge in [-0.25, -0.2) is 13.1 Å². The quantitative estimate of drug-likeness (QED) is 0.848. The largest absolute Gasteiger partial charge is 0.486 e. The minimum atomic E-state index is -3.60. The second-order valence-corrected chi connectivity index (χ2v) is 10.1. The zero-order valence-corrected chi connectivity index (χ0v) is 16.0. The Hall–Kier alpha value is -1.60. The minimum absolute atomic E-state index is 0.107. The summed E-state index contributed by atoms with van der Waals surface area (Å²) >= 11 is 0. The van der Waals surface area contributed by atoms with E-state index in [4.69, 9.17) is 9.47 Å². The SMILES string of the molecule is CC1(C)[C@H]2CC[C@@]1(CS(=O)(=O)NC[C@@H]1COc3ccccc3O1)C(=O)C2. The Labute approximate surface area is 154 Å². The van der Waals surface area contributed by atoms with Crippen LogP contribution >= 0.6 is 0 Å². The fraction of sp³-hybridized carbons (Fsp3) is 0.632. The molecule has 2 aliphatic carbocycles. The molecule has 1 aliphatic heterocycles. The lowest BCUT2D eigenvalue weighted by molar-refractivity contribution is -0.128. The normalized spacial score (nSPS) is 32.0. The Morgan fingerprint density at radius 3 is 2.62 bits per heavy atom. The number of para-hydroxylation sites is 2. The van der Waals surface area contributed by atoms with E-state index in [1.54, 1.807) is 6.07 Å². The van der Waals surface area contributed by atoms with Crippen LogP contribution in [-0.4, -0.2) is 39.2 Å². The van der Waals surface area contributed by atoms with Gasteiger partial charge in [-0.2, -0.15) is 0 Å². The summed E-state index contributed by atoms with van der Waals surface area (Å²) in [6.45, 7) is 4.50. The predicted octanol–water partition coefficient (Wildman–Crippen LogP) is 2.14. The van der Waals surface area contributed by atoms with E-state index in [0.717, 1.165) is 6.42 Å². The third kappa shape index (κ3) is 2.72. The summed E-state index contributed by atoms with van der Waals surface area (Å²) in [5.41, 5.74) is -1.01. The Morgan fingerprint density at radius 2 is 1.96 bits per heavy atom. The molecule has 2 saturated carbocycles. The second kappa shape index (κ2) is 5.96. The van der Waals surface area contributed by atoms with Gasteiger partial charge in [0.15, 0.2) is 11.5 Å². The van der Waals surface area contributed by atoms with Crippen molar-refractivity contribution in [2.75, 3.05) is 18.9 Å². The van der Waals surface area contributed by atoms with Crippen molar-refractivity contribution >= 4 is 15.8 Å². The van der Waals surface area contributed by atoms with Crippen molar-refractivity contribution in [3.05, 3.63) is 24.3 Å². The number of ether oxygens (including phenoxy) is 2. The van der Waals surface area contributed by atoms with Crippen LogP contribution in [0.25, 0.3) is 0 Å². The number of carbonyl (C=O) groups excluding carboxylic acids is 1. The summed E-state index contributed by atoms with van der Waals surface area (Å²) in [5, 5.41) is 0. The Balaban J connectivity index is 1.42. The number of fused-ring (bicyclic) bond motifs is 3. The number of rotatable bonds is 5. The molecule has 142 valence electrons. The maximum atomic E-state index is 12.7. The zero-order chi connectivity index (χ0) is 18.6. The monoisotopic (exact) mass is 379 g/mol. The number of ketones is 1. The van der Waals surface area contributed by atoms with Gasteiger partial charge >= 0.3 is 0 Å². The number of benzene rings is 1. The molecule has 7 heteroatoms. The third-order valence-electron chi connectivity index (χ3n) is 6.67. The second-order valence-electron chi connectivity index (χ2n) is 8.27. The molecule has 1 N–H and O–H groups in total. The first-order valence-corrected chi connectivity index (χ1v) is 10.8. The molecule has 3 aliphatic rings. The average molecular weight is 379 g/mol. The van der Waals surface area contributed by atoms with E-state index in [1.165, 1.54) is 0 Å². The van der Waals surface area contributed by atoms with E-state index in [9.17, 15) is 13.2 Å². The molecule has 0 spiro atoms. The molecule has 2 bridgehead atoms. The van der Waals surface area contributed by atoms with Gasteiger partial charge < -0.3 is 9.47 Å². The van der Waals surface area contributed by atoms with Crippen LogP contribution in [0.1, 0.15) is 33.1 Å². The van der Waals surface area contributed by atoms with Gasteiger partial charge in [0.2, 0.25) is 10.0 Å². The van der Waals surface area contributed by atoms with Gasteiger partial charge in [-0.05, 0) is 36.3 Å². The van der Waals surface area contributed by atoms with Crippen LogP contribution < -0.4 is 14.2 Å². The van der Waals surface area contributed by atoms with Crippen LogP contribution in [0.5, 0.6) is 11.5 Å². The molecule has 1 aromatic rings. The van der Waals surface area contributed by atoms with Crippen molar-refractivity contribution in [3.8, 4) is 11.5 Å². The van der Waals surface area contributed by atoms with Crippen molar-refractivity contribution < 1.29 is 22.7 Å². The lowest BCUT2D eigenvalue weighted by atomic mass is 9.70. The number of nitrogens with one attached hydrogen (secondary N) is 1. The standard InChI is InChI=1S/C19H25NO5S/c1-18(2)13-7-8-19(18,17(21)9-13)12-26(22,23)20-10-14-11-24-15-5-3-4-6-16(15)25-14/h3-6,13-14,20H,7-12H2,1-2H3/t13-,14+,19+/m0/s1. The van der Waals surface area contributed by atoms with Crippen molar-refractivity contribution in [2.45, 2.75) is 39.2 Å². The summed E-state index contributed by atoms with van der Waals surface area (Å²) in [5.74, 6) is 1.56. The van der Waals surface area contributed by atoms with E-state index in [-0.39, 0.29) is 36.2 Å². The first-order chi connectivity index (χ1) is 12.2. The van der Waals surface area contributed by atoms with Gasteiger partial charge in [0.1, 0.15) is 18.5 Å². The molecule has 4 rings (SSSR count). The maximum absolute atomic E-state index is 12.7. The fourth-order valence-electron chi connectivity index (χ4n) is 4.87. The summed E-state index contributed by atoms with van der Waals surface area (Å²) in [4.78, 5) is 12.6. The minimum Gasteiger partial charge on any atom is -0.486 e. The van der Waals surface area contributed by atoms with Gasteiger partial charge in [-0.3, -0.25) is 4.79 Å². The van der Waals surface area contributed by atoms with Crippen LogP contribution in [0.4, 0.5) is 0 Å². The summed E-state index contributed by atoms with van der Waals surface area (Å²) in [6, 6.07) is 7.32. The number of Topliss-reactive ketones (excluding diaryl/α,β-unsaturated/α-hetero) is 1. The Bertz CT molecular complexity index is 834. The molecule has 0 radical (unpaired) electrons. The number of sulfonamides is 1. The van der Waals surface area contributed by atoms with E-state index in [0.29, 0.717) is 30.3 Å². The molecule has 0 amide bonds. The Kier molecular flexibility index (Phi) is 4.08. The number of hydrogen-bond acceptors (Lipinski definition) is 5. The van der Waals surface area contributed by atoms with Crippen LogP contribution in [-0.2, 0) is 14.8 Å². The molecule has 0 aromatic heterocycles. The third-order valence-corrected chi connectivity index (χ3v) is 8.15. The fourth-order valence-corrected chi connectivity index (χ4v) is 6.74. The molecular weight excluding hydrogens is 354 g/mol. The first-order valence-electron chi connectivity index (χ1n) is 9.13. The lowest BCUT2D eigenvalue weighted by Gasteiger charge is -2.36. The highest BCUT2D eigenvalue weighted by Crippen LogP contribution is 2.64. The highest BCUT2D eigenvalue weighted by molar-refractivity contribution is 7.89. The molecule has 1 aromatic carbocycles. The lowest BCUT2D eigenvalue weighted by Crippen LogP contribution is -2.47. The summed E-state index contributed by atoms with van der Waals surface area (Å²) in [7, 11) is -3.60. The number of hydrogen-bond donors (Lipinski definition) is 1. The average Bonchev–Trinajstić information content (AvgIpc) is 2.94. The number of carbonyl (C=O) groups is 1. The summed E-state index contributed by atoms with van der Waals surface area (Å²) in [6.07, 6.45) is 1.73. The van der Waals surface area contributed by atoms with Crippen molar-refractivity contribution in [2.24, 2.45) is 16.7 Å². The molecule has 1 heterocycles.